The summed E-state index contributed by atoms with van der Waals surface area (Å²) in [6, 6.07) is 0. The Kier molecular flexibility index (Phi) is 6.75. The van der Waals surface area contributed by atoms with Crippen molar-refractivity contribution in [3.8, 4) is 0 Å². The van der Waals surface area contributed by atoms with Crippen molar-refractivity contribution < 1.29 is 14.1 Å². The lowest BCUT2D eigenvalue weighted by Gasteiger charge is -2.20. The van der Waals surface area contributed by atoms with Crippen LogP contribution in [0.15, 0.2) is 0 Å². The molecule has 7 heteroatoms. The predicted molar refractivity (Wildman–Crippen MR) is 80.5 cm³/mol. The summed E-state index contributed by atoms with van der Waals surface area (Å²) in [4.78, 5) is 12.9. The summed E-state index contributed by atoms with van der Waals surface area (Å²) in [6.07, 6.45) is -0.463. The van der Waals surface area contributed by atoms with E-state index >= 15 is 0 Å². The maximum absolute atomic E-state index is 11.5. The molecule has 0 spiro atoms. The Hall–Kier alpha value is -1.37. The van der Waals surface area contributed by atoms with E-state index < -0.39 is 6.09 Å². The number of hydrogen-bond donors (Lipinski definition) is 2. The van der Waals surface area contributed by atoms with Crippen LogP contribution in [-0.4, -0.2) is 61.4 Å². The summed E-state index contributed by atoms with van der Waals surface area (Å²) in [5, 5.41) is 6.57. The molecule has 0 unspecified atom stereocenters. The van der Waals surface area contributed by atoms with Crippen LogP contribution >= 0.6 is 12.2 Å². The minimum absolute atomic E-state index is 0.123. The zero-order valence-electron chi connectivity index (χ0n) is 12.8. The molecule has 0 saturated heterocycles. The molecule has 0 aliphatic heterocycles. The van der Waals surface area contributed by atoms with Crippen LogP contribution in [0.25, 0.3) is 0 Å². The van der Waals surface area contributed by atoms with Crippen molar-refractivity contribution in [3.63, 3.8) is 0 Å². The molecule has 6 nitrogen and oxygen atoms in total. The van der Waals surface area contributed by atoms with Crippen LogP contribution in [0.1, 0.15) is 20.8 Å². The summed E-state index contributed by atoms with van der Waals surface area (Å²) in [5.74, 6) is 0.540. The molecule has 0 saturated carbocycles. The Morgan fingerprint density at radius 3 is 2.26 bits per heavy atom. The van der Waals surface area contributed by atoms with Crippen LogP contribution < -0.4 is 10.6 Å². The molecular formula is C12H25N4O2S+. The number of carbonyl (C=O) groups excluding carboxylic acids is 1. The molecule has 2 N–H and O–H groups in total. The van der Waals surface area contributed by atoms with Gasteiger partial charge in [-0.05, 0) is 17.6 Å². The molecule has 0 radical (unpaired) electrons. The molecule has 0 aliphatic rings. The number of nitrogens with one attached hydrogen (secondary N) is 2. The van der Waals surface area contributed by atoms with E-state index in [4.69, 9.17) is 12.2 Å². The van der Waals surface area contributed by atoms with E-state index in [0.717, 1.165) is 6.54 Å². The Balaban J connectivity index is 4.67. The number of amides is 1. The van der Waals surface area contributed by atoms with Crippen LogP contribution in [-0.2, 0) is 4.74 Å². The third-order valence-corrected chi connectivity index (χ3v) is 2.44. The fourth-order valence-corrected chi connectivity index (χ4v) is 1.37. The van der Waals surface area contributed by atoms with Gasteiger partial charge >= 0.3 is 12.1 Å². The fourth-order valence-electron chi connectivity index (χ4n) is 1.21. The molecule has 110 valence electrons. The van der Waals surface area contributed by atoms with E-state index in [0.29, 0.717) is 11.1 Å². The topological polar surface area (TPSA) is 56.6 Å². The van der Waals surface area contributed by atoms with Gasteiger partial charge in [0.25, 0.3) is 0 Å². The lowest BCUT2D eigenvalue weighted by molar-refractivity contribution is -0.471. The smallest absolute Gasteiger partial charge is 0.441 e. The highest BCUT2D eigenvalue weighted by Crippen LogP contribution is 2.09. The van der Waals surface area contributed by atoms with Crippen LogP contribution in [0.5, 0.6) is 0 Å². The van der Waals surface area contributed by atoms with E-state index in [1.807, 2.05) is 14.1 Å². The number of carbonyl (C=O) groups is 1. The van der Waals surface area contributed by atoms with Crippen molar-refractivity contribution in [2.45, 2.75) is 20.8 Å². The minimum atomic E-state index is -0.463. The molecule has 0 rings (SSSR count). The molecule has 19 heavy (non-hydrogen) atoms. The van der Waals surface area contributed by atoms with Gasteiger partial charge in [0.15, 0.2) is 0 Å². The first-order chi connectivity index (χ1) is 8.58. The Morgan fingerprint density at radius 1 is 1.37 bits per heavy atom. The minimum Gasteiger partial charge on any atom is -0.441 e. The summed E-state index contributed by atoms with van der Waals surface area (Å²) < 4.78 is 6.43. The molecule has 0 aromatic carbocycles. The zero-order valence-corrected chi connectivity index (χ0v) is 13.6. The Morgan fingerprint density at radius 2 is 1.89 bits per heavy atom. The van der Waals surface area contributed by atoms with Gasteiger partial charge in [-0.2, -0.15) is 4.90 Å². The number of nitrogens with zero attached hydrogens (tertiary/aromatic N) is 2. The number of thiocarbonyl (C=S) groups is 1. The van der Waals surface area contributed by atoms with Crippen LogP contribution in [0, 0.1) is 5.41 Å². The second kappa shape index (κ2) is 7.28. The third-order valence-electron chi connectivity index (χ3n) is 2.19. The van der Waals surface area contributed by atoms with Crippen molar-refractivity contribution in [3.05, 3.63) is 0 Å². The summed E-state index contributed by atoms with van der Waals surface area (Å²) in [7, 11) is 6.57. The molecule has 0 aromatic heterocycles. The molecular weight excluding hydrogens is 264 g/mol. The first-order valence-corrected chi connectivity index (χ1v) is 6.40. The summed E-state index contributed by atoms with van der Waals surface area (Å²) in [5.41, 5.74) is 0.123. The van der Waals surface area contributed by atoms with Crippen molar-refractivity contribution in [1.29, 1.82) is 0 Å². The largest absolute Gasteiger partial charge is 0.478 e. The second-order valence-corrected chi connectivity index (χ2v) is 6.02. The van der Waals surface area contributed by atoms with E-state index in [1.165, 1.54) is 12.0 Å². The number of hydrogen-bond acceptors (Lipinski definition) is 3. The van der Waals surface area contributed by atoms with Gasteiger partial charge in [-0.15, -0.1) is 0 Å². The number of guanidine groups is 1. The number of methoxy groups -OCH3 is 1. The highest BCUT2D eigenvalue weighted by Gasteiger charge is 2.25. The molecule has 0 fully saturated rings. The quantitative estimate of drug-likeness (QED) is 0.324. The molecule has 0 atom stereocenters. The van der Waals surface area contributed by atoms with Crippen molar-refractivity contribution in [1.82, 2.24) is 15.5 Å². The van der Waals surface area contributed by atoms with E-state index in [2.05, 4.69) is 36.1 Å². The van der Waals surface area contributed by atoms with Gasteiger partial charge < -0.3 is 10.1 Å². The normalized spacial score (nSPS) is 10.5. The van der Waals surface area contributed by atoms with Crippen LogP contribution in [0.2, 0.25) is 0 Å². The van der Waals surface area contributed by atoms with Gasteiger partial charge in [0.2, 0.25) is 5.11 Å². The number of ether oxygens (including phenoxy) is 1. The van der Waals surface area contributed by atoms with Gasteiger partial charge in [0, 0.05) is 6.54 Å². The Bertz CT molecular complexity index is 370. The monoisotopic (exact) mass is 289 g/mol. The standard InChI is InChI=1S/C12H24N4O2S/c1-12(2,3)8-13-9(19)14-10(15(4)5)16(6)11(17)18-7/h8H2,1-7H3,(H,13,19)/p+1. The first-order valence-electron chi connectivity index (χ1n) is 5.99. The van der Waals surface area contributed by atoms with E-state index in [1.54, 1.807) is 11.6 Å². The highest BCUT2D eigenvalue weighted by atomic mass is 32.1. The van der Waals surface area contributed by atoms with Crippen molar-refractivity contribution >= 4 is 29.4 Å². The molecule has 0 heterocycles. The predicted octanol–water partition coefficient (Wildman–Crippen LogP) is 0.823. The molecule has 0 aromatic rings. The van der Waals surface area contributed by atoms with Gasteiger partial charge in [0.05, 0.1) is 28.3 Å². The third kappa shape index (κ3) is 6.95. The molecule has 0 bridgehead atoms. The van der Waals surface area contributed by atoms with E-state index in [-0.39, 0.29) is 5.41 Å². The van der Waals surface area contributed by atoms with Crippen LogP contribution in [0.4, 0.5) is 4.79 Å². The van der Waals surface area contributed by atoms with Gasteiger partial charge in [-0.3, -0.25) is 4.58 Å². The maximum atomic E-state index is 11.5. The van der Waals surface area contributed by atoms with Gasteiger partial charge in [-0.1, -0.05) is 20.8 Å². The van der Waals surface area contributed by atoms with E-state index in [9.17, 15) is 4.79 Å². The zero-order chi connectivity index (χ0) is 15.2. The fraction of sp³-hybridized carbons (Fsp3) is 0.750. The summed E-state index contributed by atoms with van der Waals surface area (Å²) >= 11 is 5.21. The van der Waals surface area contributed by atoms with Gasteiger partial charge in [-0.25, -0.2) is 10.1 Å². The van der Waals surface area contributed by atoms with Gasteiger partial charge in [0.1, 0.15) is 0 Å². The first kappa shape index (κ1) is 17.6. The molecule has 1 amide bonds. The average molecular weight is 289 g/mol. The molecule has 0 aliphatic carbocycles. The van der Waals surface area contributed by atoms with Crippen LogP contribution in [0.3, 0.4) is 0 Å². The highest BCUT2D eigenvalue weighted by molar-refractivity contribution is 7.80. The lowest BCUT2D eigenvalue weighted by Crippen LogP contribution is -2.52. The average Bonchev–Trinajstić information content (AvgIpc) is 2.30. The lowest BCUT2D eigenvalue weighted by atomic mass is 9.97. The SMILES string of the molecule is COC(=O)N(C)C(NC(=S)NCC(C)(C)C)=[N+](C)C. The second-order valence-electron chi connectivity index (χ2n) is 5.62. The maximum Gasteiger partial charge on any atom is 0.478 e. The van der Waals surface area contributed by atoms with Crippen molar-refractivity contribution in [2.75, 3.05) is 34.8 Å². The number of rotatable bonds is 1. The summed E-state index contributed by atoms with van der Waals surface area (Å²) in [6.45, 7) is 7.07. The Labute approximate surface area is 120 Å². The van der Waals surface area contributed by atoms with Crippen molar-refractivity contribution in [2.24, 2.45) is 5.41 Å².